The molecule has 2 aliphatic rings. The van der Waals surface area contributed by atoms with E-state index >= 15 is 0 Å². The van der Waals surface area contributed by atoms with Gasteiger partial charge in [-0.25, -0.2) is 9.69 Å². The molecule has 9 nitrogen and oxygen atoms in total. The van der Waals surface area contributed by atoms with E-state index in [1.54, 1.807) is 24.3 Å². The fourth-order valence-electron chi connectivity index (χ4n) is 4.05. The smallest absolute Gasteiger partial charge is 0.338 e. The number of rotatable bonds is 5. The summed E-state index contributed by atoms with van der Waals surface area (Å²) < 4.78 is 15.8. The lowest BCUT2D eigenvalue weighted by Crippen LogP contribution is -2.30. The number of nitrogens with one attached hydrogen (secondary N) is 1. The summed E-state index contributed by atoms with van der Waals surface area (Å²) in [6.07, 6.45) is -1.13. The first-order chi connectivity index (χ1) is 17.2. The predicted octanol–water partition coefficient (Wildman–Crippen LogP) is 4.02. The highest BCUT2D eigenvalue weighted by Crippen LogP contribution is 2.34. The van der Waals surface area contributed by atoms with E-state index in [4.69, 9.17) is 14.2 Å². The van der Waals surface area contributed by atoms with Gasteiger partial charge in [-0.3, -0.25) is 14.4 Å². The molecule has 1 N–H and O–H groups in total. The summed E-state index contributed by atoms with van der Waals surface area (Å²) >= 11 is 0. The van der Waals surface area contributed by atoms with Crippen molar-refractivity contribution in [2.24, 2.45) is 0 Å². The molecular weight excluding hydrogens is 464 g/mol. The average molecular weight is 486 g/mol. The summed E-state index contributed by atoms with van der Waals surface area (Å²) in [5.41, 5.74) is 3.00. The molecule has 3 aromatic carbocycles. The van der Waals surface area contributed by atoms with E-state index in [2.05, 4.69) is 5.32 Å². The molecule has 0 saturated heterocycles. The summed E-state index contributed by atoms with van der Waals surface area (Å²) in [6.45, 7) is 5.23. The second-order valence-electron chi connectivity index (χ2n) is 8.60. The van der Waals surface area contributed by atoms with Crippen molar-refractivity contribution in [1.29, 1.82) is 0 Å². The molecule has 3 aromatic rings. The van der Waals surface area contributed by atoms with Crippen molar-refractivity contribution in [3.8, 4) is 11.5 Å². The number of anilines is 2. The zero-order valence-corrected chi connectivity index (χ0v) is 19.8. The molecule has 5 rings (SSSR count). The molecular formula is C27H22N2O7. The van der Waals surface area contributed by atoms with Crippen LogP contribution in [0.15, 0.2) is 54.6 Å². The first-order valence-electron chi connectivity index (χ1n) is 11.2. The molecule has 182 valence electrons. The number of imide groups is 1. The van der Waals surface area contributed by atoms with Crippen LogP contribution in [0, 0.1) is 13.8 Å². The van der Waals surface area contributed by atoms with Crippen molar-refractivity contribution < 1.29 is 33.4 Å². The minimum Gasteiger partial charge on any atom is -0.454 e. The van der Waals surface area contributed by atoms with E-state index in [1.807, 2.05) is 26.0 Å². The van der Waals surface area contributed by atoms with Crippen LogP contribution < -0.4 is 19.7 Å². The van der Waals surface area contributed by atoms with Gasteiger partial charge in [0.05, 0.1) is 22.4 Å². The van der Waals surface area contributed by atoms with Crippen molar-refractivity contribution in [2.45, 2.75) is 26.9 Å². The number of carbonyl (C=O) groups excluding carboxylic acids is 4. The van der Waals surface area contributed by atoms with E-state index in [0.29, 0.717) is 22.9 Å². The Morgan fingerprint density at radius 3 is 2.47 bits per heavy atom. The zero-order valence-electron chi connectivity index (χ0n) is 19.8. The maximum Gasteiger partial charge on any atom is 0.338 e. The number of fused-ring (bicyclic) bond motifs is 2. The molecule has 0 unspecified atom stereocenters. The Morgan fingerprint density at radius 2 is 1.67 bits per heavy atom. The lowest BCUT2D eigenvalue weighted by atomic mass is 10.1. The largest absolute Gasteiger partial charge is 0.454 e. The number of benzene rings is 3. The summed E-state index contributed by atoms with van der Waals surface area (Å²) in [7, 11) is 0. The van der Waals surface area contributed by atoms with Gasteiger partial charge in [0.15, 0.2) is 17.6 Å². The molecule has 1 atom stereocenters. The molecule has 0 saturated carbocycles. The molecule has 9 heteroatoms. The van der Waals surface area contributed by atoms with Gasteiger partial charge in [-0.1, -0.05) is 12.1 Å². The minimum atomic E-state index is -1.13. The van der Waals surface area contributed by atoms with Crippen molar-refractivity contribution in [3.63, 3.8) is 0 Å². The molecule has 0 aliphatic carbocycles. The maximum absolute atomic E-state index is 13.1. The third-order valence-corrected chi connectivity index (χ3v) is 6.02. The van der Waals surface area contributed by atoms with Crippen molar-refractivity contribution in [1.82, 2.24) is 0 Å². The van der Waals surface area contributed by atoms with Crippen LogP contribution in [0.4, 0.5) is 11.4 Å². The van der Waals surface area contributed by atoms with Crippen LogP contribution in [-0.2, 0) is 9.53 Å². The summed E-state index contributed by atoms with van der Waals surface area (Å²) in [5.74, 6) is -1.24. The highest BCUT2D eigenvalue weighted by atomic mass is 16.7. The van der Waals surface area contributed by atoms with Crippen molar-refractivity contribution in [3.05, 3.63) is 82.4 Å². The second kappa shape index (κ2) is 8.84. The summed E-state index contributed by atoms with van der Waals surface area (Å²) in [5, 5.41) is 2.66. The van der Waals surface area contributed by atoms with E-state index in [9.17, 15) is 19.2 Å². The molecule has 0 spiro atoms. The topological polar surface area (TPSA) is 111 Å². The molecule has 3 amide bonds. The van der Waals surface area contributed by atoms with Gasteiger partial charge < -0.3 is 19.5 Å². The first kappa shape index (κ1) is 23.1. The number of esters is 1. The SMILES string of the molecule is Cc1ccc(C)c(N2C(=O)c3ccc(C(=O)O[C@@H](C)C(=O)Nc4ccc5c(c4)OCO5)cc3C2=O)c1. The van der Waals surface area contributed by atoms with Gasteiger partial charge in [0.25, 0.3) is 17.7 Å². The summed E-state index contributed by atoms with van der Waals surface area (Å²) in [6, 6.07) is 14.6. The molecule has 0 radical (unpaired) electrons. The maximum atomic E-state index is 13.1. The van der Waals surface area contributed by atoms with E-state index in [0.717, 1.165) is 16.0 Å². The van der Waals surface area contributed by atoms with Gasteiger partial charge in [-0.05, 0) is 68.3 Å². The zero-order chi connectivity index (χ0) is 25.6. The number of aryl methyl sites for hydroxylation is 2. The van der Waals surface area contributed by atoms with E-state index in [1.165, 1.54) is 25.1 Å². The molecule has 0 fully saturated rings. The number of ether oxygens (including phenoxy) is 3. The average Bonchev–Trinajstić information content (AvgIpc) is 3.42. The standard InChI is InChI=1S/C27H22N2O7/c1-14-4-5-15(2)21(10-14)29-25(31)19-8-6-17(11-20(19)26(29)32)27(33)36-16(3)24(30)28-18-7-9-22-23(12-18)35-13-34-22/h4-12,16H,13H2,1-3H3,(H,28,30)/t16-/m0/s1. The number of amides is 3. The van der Waals surface area contributed by atoms with Gasteiger partial charge in [-0.15, -0.1) is 0 Å². The minimum absolute atomic E-state index is 0.0560. The van der Waals surface area contributed by atoms with Gasteiger partial charge in [0.1, 0.15) is 0 Å². The Labute approximate surface area is 206 Å². The predicted molar refractivity (Wildman–Crippen MR) is 130 cm³/mol. The lowest BCUT2D eigenvalue weighted by Gasteiger charge is -2.17. The van der Waals surface area contributed by atoms with Crippen molar-refractivity contribution in [2.75, 3.05) is 17.0 Å². The highest BCUT2D eigenvalue weighted by molar-refractivity contribution is 6.35. The Kier molecular flexibility index (Phi) is 5.68. The molecule has 0 bridgehead atoms. The molecule has 2 aliphatic heterocycles. The van der Waals surface area contributed by atoms with E-state index < -0.39 is 29.8 Å². The van der Waals surface area contributed by atoms with Crippen LogP contribution in [-0.4, -0.2) is 36.6 Å². The normalized spacial score (nSPS) is 14.5. The Hall–Kier alpha value is -4.66. The molecule has 0 aromatic heterocycles. The van der Waals surface area contributed by atoms with Gasteiger partial charge >= 0.3 is 5.97 Å². The monoisotopic (exact) mass is 486 g/mol. The van der Waals surface area contributed by atoms with Crippen LogP contribution in [0.2, 0.25) is 0 Å². The number of hydrogen-bond acceptors (Lipinski definition) is 7. The van der Waals surface area contributed by atoms with Crippen LogP contribution in [0.25, 0.3) is 0 Å². The quantitative estimate of drug-likeness (QED) is 0.428. The third-order valence-electron chi connectivity index (χ3n) is 6.02. The second-order valence-corrected chi connectivity index (χ2v) is 8.60. The Bertz CT molecular complexity index is 1450. The Morgan fingerprint density at radius 1 is 0.917 bits per heavy atom. The lowest BCUT2D eigenvalue weighted by molar-refractivity contribution is -0.123. The molecule has 2 heterocycles. The van der Waals surface area contributed by atoms with Crippen LogP contribution >= 0.6 is 0 Å². The fourth-order valence-corrected chi connectivity index (χ4v) is 4.05. The first-order valence-corrected chi connectivity index (χ1v) is 11.2. The van der Waals surface area contributed by atoms with Gasteiger partial charge in [0, 0.05) is 11.8 Å². The molecule has 36 heavy (non-hydrogen) atoms. The highest BCUT2D eigenvalue weighted by Gasteiger charge is 2.38. The van der Waals surface area contributed by atoms with Gasteiger partial charge in [0.2, 0.25) is 6.79 Å². The number of hydrogen-bond donors (Lipinski definition) is 1. The Balaban J connectivity index is 1.30. The van der Waals surface area contributed by atoms with Crippen molar-refractivity contribution >= 4 is 35.1 Å². The number of nitrogens with zero attached hydrogens (tertiary/aromatic N) is 1. The van der Waals surface area contributed by atoms with Crippen LogP contribution in [0.1, 0.15) is 49.1 Å². The van der Waals surface area contributed by atoms with Crippen LogP contribution in [0.3, 0.4) is 0 Å². The summed E-state index contributed by atoms with van der Waals surface area (Å²) in [4.78, 5) is 52.5. The van der Waals surface area contributed by atoms with Gasteiger partial charge in [-0.2, -0.15) is 0 Å². The number of carbonyl (C=O) groups is 4. The fraction of sp³-hybridized carbons (Fsp3) is 0.185. The third kappa shape index (κ3) is 4.04. The van der Waals surface area contributed by atoms with Crippen LogP contribution in [0.5, 0.6) is 11.5 Å². The van der Waals surface area contributed by atoms with E-state index in [-0.39, 0.29) is 23.5 Å².